The molecule has 0 bridgehead atoms. The molecule has 0 aliphatic rings. The van der Waals surface area contributed by atoms with Crippen LogP contribution in [0.5, 0.6) is 0 Å². The largest absolute Gasteiger partial charge is 0.421 e. The topological polar surface area (TPSA) is 95.2 Å². The van der Waals surface area contributed by atoms with Crippen molar-refractivity contribution >= 4 is 33.4 Å². The highest BCUT2D eigenvalue weighted by atomic mass is 16.5. The molecule has 0 radical (unpaired) electrons. The van der Waals surface area contributed by atoms with E-state index in [1.807, 2.05) is 12.1 Å². The highest BCUT2D eigenvalue weighted by Crippen LogP contribution is 2.31. The van der Waals surface area contributed by atoms with Gasteiger partial charge in [-0.3, -0.25) is 5.21 Å². The molecule has 2 heterocycles. The van der Waals surface area contributed by atoms with Crippen molar-refractivity contribution in [3.8, 4) is 0 Å². The molecule has 2 aromatic carbocycles. The van der Waals surface area contributed by atoms with Crippen molar-refractivity contribution in [1.82, 2.24) is 15.4 Å². The predicted molar refractivity (Wildman–Crippen MR) is 85.0 cm³/mol. The molecule has 0 fully saturated rings. The number of para-hydroxylation sites is 2. The molecule has 0 spiro atoms. The Bertz CT molecular complexity index is 1080. The maximum absolute atomic E-state index is 12.3. The van der Waals surface area contributed by atoms with Gasteiger partial charge in [-0.05, 0) is 30.7 Å². The van der Waals surface area contributed by atoms with Gasteiger partial charge >= 0.3 is 5.63 Å². The summed E-state index contributed by atoms with van der Waals surface area (Å²) in [4.78, 5) is 12.3. The summed E-state index contributed by atoms with van der Waals surface area (Å²) in [6, 6.07) is 12.3. The van der Waals surface area contributed by atoms with E-state index >= 15 is 0 Å². The van der Waals surface area contributed by atoms with Gasteiger partial charge in [-0.25, -0.2) is 9.86 Å². The average Bonchev–Trinajstić information content (AvgIpc) is 3.03. The van der Waals surface area contributed by atoms with E-state index in [2.05, 4.69) is 15.4 Å². The maximum Gasteiger partial charge on any atom is 0.363 e. The van der Waals surface area contributed by atoms with Crippen molar-refractivity contribution in [2.24, 2.45) is 0 Å². The molecule has 0 aliphatic carbocycles. The minimum absolute atomic E-state index is 0.0548. The zero-order valence-corrected chi connectivity index (χ0v) is 12.1. The molecule has 7 nitrogen and oxygen atoms in total. The lowest BCUT2D eigenvalue weighted by Crippen LogP contribution is -2.20. The third kappa shape index (κ3) is 1.98. The fraction of sp³-hybridized carbons (Fsp3) is 0.0625. The summed E-state index contributed by atoms with van der Waals surface area (Å²) in [6.45, 7) is 1.76. The second kappa shape index (κ2) is 4.92. The van der Waals surface area contributed by atoms with Gasteiger partial charge in [0.15, 0.2) is 5.69 Å². The van der Waals surface area contributed by atoms with Gasteiger partial charge in [0.2, 0.25) is 0 Å². The first kappa shape index (κ1) is 13.5. The molecule has 2 N–H and O–H groups in total. The molecule has 0 atom stereocenters. The number of rotatable bonds is 2. The molecule has 0 saturated heterocycles. The quantitative estimate of drug-likeness (QED) is 0.437. The van der Waals surface area contributed by atoms with Gasteiger partial charge in [0, 0.05) is 5.39 Å². The fourth-order valence-corrected chi connectivity index (χ4v) is 2.68. The van der Waals surface area contributed by atoms with E-state index in [0.717, 1.165) is 10.4 Å². The minimum Gasteiger partial charge on any atom is -0.421 e. The molecule has 0 aliphatic heterocycles. The van der Waals surface area contributed by atoms with E-state index in [1.54, 1.807) is 37.3 Å². The Morgan fingerprint density at radius 2 is 1.96 bits per heavy atom. The average molecular weight is 308 g/mol. The Morgan fingerprint density at radius 1 is 1.13 bits per heavy atom. The van der Waals surface area contributed by atoms with E-state index < -0.39 is 5.63 Å². The van der Waals surface area contributed by atoms with Gasteiger partial charge in [0.25, 0.3) is 0 Å². The first-order valence-corrected chi connectivity index (χ1v) is 6.98. The standard InChI is InChI=1S/C16H12N4O3/c1-9-10-5-2-3-8-13(10)23-16(21)15(9)20(22)12-7-4-6-11-14(12)18-19-17-11/h2-8,22H,1H3,(H,17,18,19). The van der Waals surface area contributed by atoms with Crippen molar-refractivity contribution in [1.29, 1.82) is 0 Å². The molecule has 0 amide bonds. The minimum atomic E-state index is -0.621. The number of fused-ring (bicyclic) bond motifs is 2. The Balaban J connectivity index is 1.98. The van der Waals surface area contributed by atoms with Gasteiger partial charge in [-0.1, -0.05) is 24.3 Å². The highest BCUT2D eigenvalue weighted by Gasteiger charge is 2.20. The molecule has 4 aromatic rings. The van der Waals surface area contributed by atoms with Crippen LogP contribution < -0.4 is 10.7 Å². The Hall–Kier alpha value is -3.19. The number of anilines is 2. The summed E-state index contributed by atoms with van der Waals surface area (Å²) < 4.78 is 5.31. The number of nitrogens with one attached hydrogen (secondary N) is 1. The molecule has 7 heteroatoms. The van der Waals surface area contributed by atoms with Crippen LogP contribution >= 0.6 is 0 Å². The van der Waals surface area contributed by atoms with Crippen LogP contribution in [0.2, 0.25) is 0 Å². The normalized spacial score (nSPS) is 11.2. The van der Waals surface area contributed by atoms with E-state index in [9.17, 15) is 10.0 Å². The molecule has 2 aromatic heterocycles. The number of hydrogen-bond donors (Lipinski definition) is 2. The summed E-state index contributed by atoms with van der Waals surface area (Å²) in [5.74, 6) is 0. The van der Waals surface area contributed by atoms with Crippen molar-refractivity contribution in [3.05, 3.63) is 58.4 Å². The maximum atomic E-state index is 12.3. The van der Waals surface area contributed by atoms with Crippen LogP contribution in [0.25, 0.3) is 22.0 Å². The second-order valence-corrected chi connectivity index (χ2v) is 5.14. The Labute approximate surface area is 129 Å². The molecule has 23 heavy (non-hydrogen) atoms. The Morgan fingerprint density at radius 3 is 2.83 bits per heavy atom. The van der Waals surface area contributed by atoms with E-state index in [0.29, 0.717) is 27.9 Å². The van der Waals surface area contributed by atoms with E-state index in [1.165, 1.54) is 0 Å². The summed E-state index contributed by atoms with van der Waals surface area (Å²) in [5, 5.41) is 22.7. The fourth-order valence-electron chi connectivity index (χ4n) is 2.68. The van der Waals surface area contributed by atoms with Gasteiger partial charge < -0.3 is 4.42 Å². The SMILES string of the molecule is Cc1c(N(O)c2cccc3n[nH]nc23)c(=O)oc2ccccc12. The smallest absolute Gasteiger partial charge is 0.363 e. The monoisotopic (exact) mass is 308 g/mol. The van der Waals surface area contributed by atoms with Crippen LogP contribution in [0.15, 0.2) is 51.7 Å². The summed E-state index contributed by atoms with van der Waals surface area (Å²) >= 11 is 0. The van der Waals surface area contributed by atoms with Crippen molar-refractivity contribution in [2.45, 2.75) is 6.92 Å². The van der Waals surface area contributed by atoms with Crippen molar-refractivity contribution in [2.75, 3.05) is 5.06 Å². The van der Waals surface area contributed by atoms with Crippen LogP contribution in [0.4, 0.5) is 11.4 Å². The zero-order valence-electron chi connectivity index (χ0n) is 12.1. The third-order valence-electron chi connectivity index (χ3n) is 3.81. The van der Waals surface area contributed by atoms with Crippen LogP contribution in [0.1, 0.15) is 5.56 Å². The lowest BCUT2D eigenvalue weighted by molar-refractivity contribution is 0.297. The lowest BCUT2D eigenvalue weighted by Gasteiger charge is -2.18. The number of hydrogen-bond acceptors (Lipinski definition) is 6. The first-order valence-electron chi connectivity index (χ1n) is 6.98. The second-order valence-electron chi connectivity index (χ2n) is 5.14. The van der Waals surface area contributed by atoms with Crippen LogP contribution in [-0.2, 0) is 0 Å². The first-order chi connectivity index (χ1) is 11.2. The number of H-pyrrole nitrogens is 1. The van der Waals surface area contributed by atoms with E-state index in [-0.39, 0.29) is 5.69 Å². The van der Waals surface area contributed by atoms with E-state index in [4.69, 9.17) is 4.42 Å². The Kier molecular flexibility index (Phi) is 2.88. The highest BCUT2D eigenvalue weighted by molar-refractivity contribution is 5.92. The molecule has 114 valence electrons. The summed E-state index contributed by atoms with van der Waals surface area (Å²) in [7, 11) is 0. The number of aryl methyl sites for hydroxylation is 1. The zero-order chi connectivity index (χ0) is 16.0. The molecular weight excluding hydrogens is 296 g/mol. The molecular formula is C16H12N4O3. The summed E-state index contributed by atoms with van der Waals surface area (Å²) in [6.07, 6.45) is 0. The number of nitrogens with zero attached hydrogens (tertiary/aromatic N) is 3. The van der Waals surface area contributed by atoms with Crippen molar-refractivity contribution in [3.63, 3.8) is 0 Å². The van der Waals surface area contributed by atoms with Crippen LogP contribution in [0.3, 0.4) is 0 Å². The summed E-state index contributed by atoms with van der Waals surface area (Å²) in [5.41, 5.74) is 1.93. The molecule has 0 unspecified atom stereocenters. The number of aromatic amines is 1. The number of aromatic nitrogens is 3. The molecule has 4 rings (SSSR count). The van der Waals surface area contributed by atoms with Gasteiger partial charge in [0.1, 0.15) is 16.6 Å². The number of benzene rings is 2. The van der Waals surface area contributed by atoms with Crippen molar-refractivity contribution < 1.29 is 9.62 Å². The third-order valence-corrected chi connectivity index (χ3v) is 3.81. The van der Waals surface area contributed by atoms with Crippen LogP contribution in [0, 0.1) is 6.92 Å². The van der Waals surface area contributed by atoms with Gasteiger partial charge in [-0.15, -0.1) is 0 Å². The van der Waals surface area contributed by atoms with Gasteiger partial charge in [-0.2, -0.15) is 15.4 Å². The van der Waals surface area contributed by atoms with Crippen LogP contribution in [-0.4, -0.2) is 20.6 Å². The molecule has 0 saturated carbocycles. The van der Waals surface area contributed by atoms with Gasteiger partial charge in [0.05, 0.1) is 5.69 Å². The predicted octanol–water partition coefficient (Wildman–Crippen LogP) is 2.90. The lowest BCUT2D eigenvalue weighted by atomic mass is 10.1.